The lowest BCUT2D eigenvalue weighted by atomic mass is 9.88. The van der Waals surface area contributed by atoms with Gasteiger partial charge in [-0.05, 0) is 30.2 Å². The van der Waals surface area contributed by atoms with Gasteiger partial charge in [-0.3, -0.25) is 9.97 Å². The first-order valence-electron chi connectivity index (χ1n) is 4.81. The van der Waals surface area contributed by atoms with Crippen molar-refractivity contribution >= 4 is 12.4 Å². The summed E-state index contributed by atoms with van der Waals surface area (Å²) in [6.45, 7) is 1.96. The van der Waals surface area contributed by atoms with Crippen molar-refractivity contribution in [1.82, 2.24) is 9.97 Å². The molecule has 0 aliphatic heterocycles. The molecule has 2 N–H and O–H groups in total. The summed E-state index contributed by atoms with van der Waals surface area (Å²) in [6, 6.07) is 7.72. The Morgan fingerprint density at radius 2 is 1.44 bits per heavy atom. The summed E-state index contributed by atoms with van der Waals surface area (Å²) >= 11 is 0. The highest BCUT2D eigenvalue weighted by atomic mass is 35.5. The molecule has 0 aliphatic rings. The van der Waals surface area contributed by atoms with E-state index < -0.39 is 5.54 Å². The molecular formula is C12H14ClN3. The Morgan fingerprint density at radius 1 is 1.00 bits per heavy atom. The molecule has 2 heterocycles. The third-order valence-electron chi connectivity index (χ3n) is 2.52. The molecule has 0 aliphatic carbocycles. The van der Waals surface area contributed by atoms with Crippen LogP contribution in [0.1, 0.15) is 18.1 Å². The average Bonchev–Trinajstić information content (AvgIpc) is 2.31. The first-order chi connectivity index (χ1) is 7.21. The van der Waals surface area contributed by atoms with E-state index in [1.165, 1.54) is 0 Å². The van der Waals surface area contributed by atoms with Crippen molar-refractivity contribution in [2.75, 3.05) is 0 Å². The number of rotatable bonds is 2. The van der Waals surface area contributed by atoms with Crippen LogP contribution in [-0.4, -0.2) is 9.97 Å². The number of aromatic nitrogens is 2. The van der Waals surface area contributed by atoms with E-state index >= 15 is 0 Å². The van der Waals surface area contributed by atoms with E-state index in [4.69, 9.17) is 5.73 Å². The van der Waals surface area contributed by atoms with Crippen LogP contribution in [-0.2, 0) is 5.54 Å². The normalized spacial score (nSPS) is 10.6. The average molecular weight is 236 g/mol. The van der Waals surface area contributed by atoms with Crippen LogP contribution in [0.15, 0.2) is 49.1 Å². The molecule has 0 atom stereocenters. The fourth-order valence-corrected chi connectivity index (χ4v) is 1.51. The SMILES string of the molecule is CC(N)(c1cccnc1)c1cccnc1.Cl. The number of nitrogens with zero attached hydrogens (tertiary/aromatic N) is 2. The molecule has 0 radical (unpaired) electrons. The third-order valence-corrected chi connectivity index (χ3v) is 2.52. The standard InChI is InChI=1S/C12H13N3.ClH/c1-12(13,10-4-2-6-14-8-10)11-5-3-7-15-9-11;/h2-9H,13H2,1H3;1H. The molecule has 16 heavy (non-hydrogen) atoms. The quantitative estimate of drug-likeness (QED) is 0.868. The number of hydrogen-bond acceptors (Lipinski definition) is 3. The highest BCUT2D eigenvalue weighted by Crippen LogP contribution is 2.24. The molecule has 2 aromatic rings. The molecule has 0 amide bonds. The topological polar surface area (TPSA) is 51.8 Å². The summed E-state index contributed by atoms with van der Waals surface area (Å²) in [5, 5.41) is 0. The Morgan fingerprint density at radius 3 is 1.75 bits per heavy atom. The van der Waals surface area contributed by atoms with E-state index in [0.717, 1.165) is 11.1 Å². The Hall–Kier alpha value is -1.45. The van der Waals surface area contributed by atoms with Crippen LogP contribution in [0.4, 0.5) is 0 Å². The van der Waals surface area contributed by atoms with Gasteiger partial charge in [-0.15, -0.1) is 12.4 Å². The fraction of sp³-hybridized carbons (Fsp3) is 0.167. The Balaban J connectivity index is 0.00000128. The third kappa shape index (κ3) is 2.38. The molecule has 84 valence electrons. The zero-order valence-corrected chi connectivity index (χ0v) is 9.82. The highest BCUT2D eigenvalue weighted by Gasteiger charge is 2.23. The molecule has 2 rings (SSSR count). The van der Waals surface area contributed by atoms with Crippen molar-refractivity contribution in [2.45, 2.75) is 12.5 Å². The first kappa shape index (κ1) is 12.6. The number of pyridine rings is 2. The lowest BCUT2D eigenvalue weighted by Gasteiger charge is -2.24. The highest BCUT2D eigenvalue weighted by molar-refractivity contribution is 5.85. The van der Waals surface area contributed by atoms with Crippen LogP contribution in [0.2, 0.25) is 0 Å². The summed E-state index contributed by atoms with van der Waals surface area (Å²) in [4.78, 5) is 8.15. The van der Waals surface area contributed by atoms with Crippen LogP contribution in [0.5, 0.6) is 0 Å². The molecule has 3 nitrogen and oxygen atoms in total. The summed E-state index contributed by atoms with van der Waals surface area (Å²) in [5.74, 6) is 0. The molecule has 2 aromatic heterocycles. The molecule has 0 bridgehead atoms. The first-order valence-corrected chi connectivity index (χ1v) is 4.81. The predicted octanol–water partition coefficient (Wildman–Crippen LogP) is 2.12. The minimum Gasteiger partial charge on any atom is -0.318 e. The Bertz CT molecular complexity index is 387. The molecule has 0 fully saturated rings. The minimum absolute atomic E-state index is 0. The largest absolute Gasteiger partial charge is 0.318 e. The van der Waals surface area contributed by atoms with Gasteiger partial charge in [0.25, 0.3) is 0 Å². The van der Waals surface area contributed by atoms with Crippen molar-refractivity contribution in [3.63, 3.8) is 0 Å². The van der Waals surface area contributed by atoms with Gasteiger partial charge in [0.15, 0.2) is 0 Å². The van der Waals surface area contributed by atoms with Crippen molar-refractivity contribution in [1.29, 1.82) is 0 Å². The maximum Gasteiger partial charge on any atom is 0.0667 e. The summed E-state index contributed by atoms with van der Waals surface area (Å²) < 4.78 is 0. The van der Waals surface area contributed by atoms with Gasteiger partial charge in [-0.1, -0.05) is 12.1 Å². The summed E-state index contributed by atoms with van der Waals surface area (Å²) in [6.07, 6.45) is 7.05. The molecular weight excluding hydrogens is 222 g/mol. The van der Waals surface area contributed by atoms with Crippen molar-refractivity contribution < 1.29 is 0 Å². The number of hydrogen-bond donors (Lipinski definition) is 1. The molecule has 0 aromatic carbocycles. The molecule has 0 saturated heterocycles. The van der Waals surface area contributed by atoms with Crippen LogP contribution in [0, 0.1) is 0 Å². The van der Waals surface area contributed by atoms with E-state index in [2.05, 4.69) is 9.97 Å². The van der Waals surface area contributed by atoms with Crippen molar-refractivity contribution in [3.8, 4) is 0 Å². The molecule has 0 unspecified atom stereocenters. The molecule has 4 heteroatoms. The molecule has 0 saturated carbocycles. The van der Waals surface area contributed by atoms with Crippen molar-refractivity contribution in [2.24, 2.45) is 5.73 Å². The second-order valence-corrected chi connectivity index (χ2v) is 3.69. The van der Waals surface area contributed by atoms with Crippen LogP contribution < -0.4 is 5.73 Å². The smallest absolute Gasteiger partial charge is 0.0667 e. The van der Waals surface area contributed by atoms with E-state index in [-0.39, 0.29) is 12.4 Å². The Labute approximate surface area is 101 Å². The van der Waals surface area contributed by atoms with Gasteiger partial charge < -0.3 is 5.73 Å². The maximum absolute atomic E-state index is 6.28. The fourth-order valence-electron chi connectivity index (χ4n) is 1.51. The van der Waals surface area contributed by atoms with Crippen molar-refractivity contribution in [3.05, 3.63) is 60.2 Å². The second-order valence-electron chi connectivity index (χ2n) is 3.69. The number of halogens is 1. The van der Waals surface area contributed by atoms with Gasteiger partial charge >= 0.3 is 0 Å². The monoisotopic (exact) mass is 235 g/mol. The lowest BCUT2D eigenvalue weighted by Crippen LogP contribution is -2.34. The van der Waals surface area contributed by atoms with E-state index in [9.17, 15) is 0 Å². The van der Waals surface area contributed by atoms with E-state index in [1.54, 1.807) is 24.8 Å². The Kier molecular flexibility index (Phi) is 3.99. The van der Waals surface area contributed by atoms with Gasteiger partial charge in [-0.25, -0.2) is 0 Å². The van der Waals surface area contributed by atoms with E-state index in [0.29, 0.717) is 0 Å². The van der Waals surface area contributed by atoms with Crippen LogP contribution >= 0.6 is 12.4 Å². The van der Waals surface area contributed by atoms with Gasteiger partial charge in [0, 0.05) is 24.8 Å². The molecule has 0 spiro atoms. The number of nitrogens with two attached hydrogens (primary N) is 1. The van der Waals surface area contributed by atoms with Gasteiger partial charge in [0.1, 0.15) is 0 Å². The zero-order chi connectivity index (χ0) is 10.7. The predicted molar refractivity (Wildman–Crippen MR) is 66.4 cm³/mol. The maximum atomic E-state index is 6.28. The van der Waals surface area contributed by atoms with Crippen LogP contribution in [0.25, 0.3) is 0 Å². The van der Waals surface area contributed by atoms with Crippen LogP contribution in [0.3, 0.4) is 0 Å². The van der Waals surface area contributed by atoms with Gasteiger partial charge in [-0.2, -0.15) is 0 Å². The van der Waals surface area contributed by atoms with Gasteiger partial charge in [0.05, 0.1) is 5.54 Å². The minimum atomic E-state index is -0.539. The second kappa shape index (κ2) is 5.05. The van der Waals surface area contributed by atoms with E-state index in [1.807, 2.05) is 31.2 Å². The summed E-state index contributed by atoms with van der Waals surface area (Å²) in [5.41, 5.74) is 7.71. The lowest BCUT2D eigenvalue weighted by molar-refractivity contribution is 0.597. The zero-order valence-electron chi connectivity index (χ0n) is 9.00. The van der Waals surface area contributed by atoms with Gasteiger partial charge in [0.2, 0.25) is 0 Å². The summed E-state index contributed by atoms with van der Waals surface area (Å²) in [7, 11) is 0.